The van der Waals surface area contributed by atoms with Gasteiger partial charge in [0.05, 0.1) is 13.2 Å². The number of amides is 1. The topological polar surface area (TPSA) is 70.6 Å². The van der Waals surface area contributed by atoms with Crippen LogP contribution >= 0.6 is 11.6 Å². The van der Waals surface area contributed by atoms with Crippen molar-refractivity contribution in [1.29, 1.82) is 0 Å². The molecule has 19 heavy (non-hydrogen) atoms. The molecule has 1 amide bonds. The molecule has 0 aromatic heterocycles. The normalized spacial score (nSPS) is 22.4. The number of carbonyl (C=O) groups is 1. The van der Waals surface area contributed by atoms with E-state index in [-0.39, 0.29) is 12.5 Å². The van der Waals surface area contributed by atoms with Crippen LogP contribution in [0.25, 0.3) is 0 Å². The fourth-order valence-electron chi connectivity index (χ4n) is 1.92. The predicted octanol–water partition coefficient (Wildman–Crippen LogP) is 1.02. The van der Waals surface area contributed by atoms with Crippen LogP contribution in [0, 0.1) is 0 Å². The van der Waals surface area contributed by atoms with E-state index in [0.29, 0.717) is 36.9 Å². The summed E-state index contributed by atoms with van der Waals surface area (Å²) < 4.78 is 5.12. The molecule has 104 valence electrons. The molecule has 2 rings (SSSR count). The fourth-order valence-corrected chi connectivity index (χ4v) is 2.11. The minimum absolute atomic E-state index is 0.134. The van der Waals surface area contributed by atoms with Crippen molar-refractivity contribution in [1.82, 2.24) is 5.32 Å². The van der Waals surface area contributed by atoms with Crippen molar-refractivity contribution in [2.24, 2.45) is 0 Å². The predicted molar refractivity (Wildman–Crippen MR) is 73.3 cm³/mol. The van der Waals surface area contributed by atoms with Gasteiger partial charge in [0, 0.05) is 30.3 Å². The lowest BCUT2D eigenvalue weighted by Crippen LogP contribution is -2.43. The van der Waals surface area contributed by atoms with Crippen LogP contribution in [0.15, 0.2) is 24.3 Å². The number of hydrogen-bond donors (Lipinski definition) is 3. The van der Waals surface area contributed by atoms with Gasteiger partial charge in [0.25, 0.3) is 0 Å². The van der Waals surface area contributed by atoms with Crippen molar-refractivity contribution in [3.8, 4) is 0 Å². The summed E-state index contributed by atoms with van der Waals surface area (Å²) in [5, 5.41) is 16.2. The number of carbonyl (C=O) groups excluding carboxylic acids is 1. The summed E-state index contributed by atoms with van der Waals surface area (Å²) in [5.41, 5.74) is -0.196. The van der Waals surface area contributed by atoms with Gasteiger partial charge in [0.15, 0.2) is 0 Å². The van der Waals surface area contributed by atoms with E-state index in [4.69, 9.17) is 16.3 Å². The van der Waals surface area contributed by atoms with E-state index in [1.165, 1.54) is 0 Å². The molecule has 1 aliphatic rings. The van der Waals surface area contributed by atoms with Gasteiger partial charge < -0.3 is 20.5 Å². The quantitative estimate of drug-likeness (QED) is 0.755. The maximum Gasteiger partial charge on any atom is 0.238 e. The first kappa shape index (κ1) is 14.3. The summed E-state index contributed by atoms with van der Waals surface area (Å²) in [6, 6.07) is 6.95. The molecule has 1 aromatic rings. The van der Waals surface area contributed by atoms with Crippen LogP contribution in [0.3, 0.4) is 0 Å². The Hall–Kier alpha value is -1.14. The van der Waals surface area contributed by atoms with E-state index in [9.17, 15) is 9.90 Å². The Morgan fingerprint density at radius 3 is 3.05 bits per heavy atom. The molecule has 1 aromatic carbocycles. The summed E-state index contributed by atoms with van der Waals surface area (Å²) in [6.07, 6.45) is 0.593. The molecule has 0 saturated carbocycles. The number of aliphatic hydroxyl groups is 1. The van der Waals surface area contributed by atoms with Crippen molar-refractivity contribution in [2.45, 2.75) is 12.0 Å². The summed E-state index contributed by atoms with van der Waals surface area (Å²) >= 11 is 5.82. The molecule has 1 heterocycles. The SMILES string of the molecule is O=C(CNCC1(O)CCOC1)Nc1cccc(Cl)c1. The van der Waals surface area contributed by atoms with E-state index in [2.05, 4.69) is 10.6 Å². The second-order valence-corrected chi connectivity index (χ2v) is 5.13. The van der Waals surface area contributed by atoms with Crippen LogP contribution in [0.5, 0.6) is 0 Å². The van der Waals surface area contributed by atoms with Gasteiger partial charge in [-0.1, -0.05) is 17.7 Å². The first-order chi connectivity index (χ1) is 9.07. The van der Waals surface area contributed by atoms with E-state index in [1.807, 2.05) is 0 Å². The van der Waals surface area contributed by atoms with Crippen LogP contribution in [-0.2, 0) is 9.53 Å². The number of halogens is 1. The van der Waals surface area contributed by atoms with Gasteiger partial charge in [-0.2, -0.15) is 0 Å². The molecule has 5 nitrogen and oxygen atoms in total. The van der Waals surface area contributed by atoms with Gasteiger partial charge in [0.1, 0.15) is 5.60 Å². The Bertz CT molecular complexity index is 447. The van der Waals surface area contributed by atoms with Crippen molar-refractivity contribution < 1.29 is 14.6 Å². The monoisotopic (exact) mass is 284 g/mol. The Morgan fingerprint density at radius 1 is 1.53 bits per heavy atom. The third-order valence-corrected chi connectivity index (χ3v) is 3.17. The highest BCUT2D eigenvalue weighted by Gasteiger charge is 2.31. The van der Waals surface area contributed by atoms with Gasteiger partial charge >= 0.3 is 0 Å². The van der Waals surface area contributed by atoms with E-state index in [1.54, 1.807) is 24.3 Å². The van der Waals surface area contributed by atoms with Crippen LogP contribution in [0.1, 0.15) is 6.42 Å². The van der Waals surface area contributed by atoms with Gasteiger partial charge in [0.2, 0.25) is 5.91 Å². The minimum atomic E-state index is -0.851. The second-order valence-electron chi connectivity index (χ2n) is 4.69. The van der Waals surface area contributed by atoms with Crippen LogP contribution in [0.4, 0.5) is 5.69 Å². The molecule has 6 heteroatoms. The Labute approximate surface area is 116 Å². The fraction of sp³-hybridized carbons (Fsp3) is 0.462. The zero-order valence-corrected chi connectivity index (χ0v) is 11.2. The minimum Gasteiger partial charge on any atom is -0.386 e. The van der Waals surface area contributed by atoms with Gasteiger partial charge in [-0.25, -0.2) is 0 Å². The smallest absolute Gasteiger partial charge is 0.238 e. The molecule has 0 spiro atoms. The molecule has 3 N–H and O–H groups in total. The molecule has 1 unspecified atom stereocenters. The van der Waals surface area contributed by atoms with E-state index in [0.717, 1.165) is 0 Å². The van der Waals surface area contributed by atoms with Crippen LogP contribution < -0.4 is 10.6 Å². The average molecular weight is 285 g/mol. The standard InChI is InChI=1S/C13H17ClN2O3/c14-10-2-1-3-11(6-10)16-12(17)7-15-8-13(18)4-5-19-9-13/h1-3,6,15,18H,4-5,7-9H2,(H,16,17). The number of rotatable bonds is 5. The maximum absolute atomic E-state index is 11.7. The lowest BCUT2D eigenvalue weighted by Gasteiger charge is -2.20. The summed E-state index contributed by atoms with van der Waals surface area (Å²) in [4.78, 5) is 11.7. The molecule has 0 radical (unpaired) electrons. The zero-order chi connectivity index (χ0) is 13.7. The maximum atomic E-state index is 11.7. The second kappa shape index (κ2) is 6.34. The van der Waals surface area contributed by atoms with Gasteiger partial charge in [-0.05, 0) is 18.2 Å². The highest BCUT2D eigenvalue weighted by Crippen LogP contribution is 2.17. The number of hydrogen-bond acceptors (Lipinski definition) is 4. The molecule has 0 aliphatic carbocycles. The largest absolute Gasteiger partial charge is 0.386 e. The molecule has 1 fully saturated rings. The lowest BCUT2D eigenvalue weighted by atomic mass is 10.0. The van der Waals surface area contributed by atoms with Gasteiger partial charge in [-0.15, -0.1) is 0 Å². The number of nitrogens with one attached hydrogen (secondary N) is 2. The first-order valence-corrected chi connectivity index (χ1v) is 6.51. The summed E-state index contributed by atoms with van der Waals surface area (Å²) in [6.45, 7) is 1.35. The molecule has 1 saturated heterocycles. The van der Waals surface area contributed by atoms with Gasteiger partial charge in [-0.3, -0.25) is 4.79 Å². The molecular weight excluding hydrogens is 268 g/mol. The first-order valence-electron chi connectivity index (χ1n) is 6.14. The van der Waals surface area contributed by atoms with Crippen LogP contribution in [0.2, 0.25) is 5.02 Å². The number of ether oxygens (including phenoxy) is 1. The van der Waals surface area contributed by atoms with Crippen molar-refractivity contribution in [3.63, 3.8) is 0 Å². The van der Waals surface area contributed by atoms with Crippen LogP contribution in [-0.4, -0.2) is 42.9 Å². The molecule has 1 aliphatic heterocycles. The lowest BCUT2D eigenvalue weighted by molar-refractivity contribution is -0.115. The Balaban J connectivity index is 1.73. The summed E-state index contributed by atoms with van der Waals surface area (Å²) in [5.74, 6) is -0.176. The van der Waals surface area contributed by atoms with E-state index < -0.39 is 5.60 Å². The molecule has 0 bridgehead atoms. The van der Waals surface area contributed by atoms with Crippen molar-refractivity contribution >= 4 is 23.2 Å². The Kier molecular flexibility index (Phi) is 4.76. The van der Waals surface area contributed by atoms with Crippen molar-refractivity contribution in [2.75, 3.05) is 31.6 Å². The Morgan fingerprint density at radius 2 is 2.37 bits per heavy atom. The van der Waals surface area contributed by atoms with E-state index >= 15 is 0 Å². The summed E-state index contributed by atoms with van der Waals surface area (Å²) in [7, 11) is 0. The zero-order valence-electron chi connectivity index (χ0n) is 10.5. The highest BCUT2D eigenvalue weighted by molar-refractivity contribution is 6.30. The number of benzene rings is 1. The third-order valence-electron chi connectivity index (χ3n) is 2.93. The third kappa shape index (κ3) is 4.47. The molecular formula is C13H17ClN2O3. The number of anilines is 1. The van der Waals surface area contributed by atoms with Crippen molar-refractivity contribution in [3.05, 3.63) is 29.3 Å². The highest BCUT2D eigenvalue weighted by atomic mass is 35.5. The molecule has 1 atom stereocenters. The average Bonchev–Trinajstić information content (AvgIpc) is 2.76.